The van der Waals surface area contributed by atoms with Gasteiger partial charge in [0.2, 0.25) is 5.89 Å². The highest BCUT2D eigenvalue weighted by Gasteiger charge is 2.22. The molecule has 1 aromatic carbocycles. The minimum atomic E-state index is -0.910. The van der Waals surface area contributed by atoms with Crippen molar-refractivity contribution in [1.82, 2.24) is 9.97 Å². The molecule has 1 saturated carbocycles. The first-order valence-corrected chi connectivity index (χ1v) is 8.75. The maximum atomic E-state index is 11.2. The summed E-state index contributed by atoms with van der Waals surface area (Å²) in [5.41, 5.74) is 1.94. The summed E-state index contributed by atoms with van der Waals surface area (Å²) >= 11 is 1.62. The highest BCUT2D eigenvalue weighted by molar-refractivity contribution is 7.12. The van der Waals surface area contributed by atoms with Gasteiger partial charge in [-0.25, -0.2) is 9.97 Å². The van der Waals surface area contributed by atoms with E-state index < -0.39 is 5.97 Å². The molecule has 1 aliphatic rings. The van der Waals surface area contributed by atoms with E-state index in [1.165, 1.54) is 19.3 Å². The number of carboxylic acid groups (broad SMARTS) is 1. The molecule has 0 spiro atoms. The molecule has 0 aliphatic heterocycles. The molecule has 0 amide bonds. The molecule has 1 aliphatic carbocycles. The molecule has 3 aromatic rings. The molecule has 2 heterocycles. The first-order chi connectivity index (χ1) is 11.7. The minimum Gasteiger partial charge on any atom is -0.481 e. The van der Waals surface area contributed by atoms with Crippen LogP contribution >= 0.6 is 11.3 Å². The lowest BCUT2D eigenvalue weighted by Gasteiger charge is -2.22. The van der Waals surface area contributed by atoms with Crippen molar-refractivity contribution >= 4 is 40.1 Å². The van der Waals surface area contributed by atoms with Gasteiger partial charge in [-0.1, -0.05) is 18.6 Å². The number of benzene rings is 1. The number of hydrogen-bond donors (Lipinski definition) is 1. The molecule has 0 atom stereocenters. The van der Waals surface area contributed by atoms with E-state index in [-0.39, 0.29) is 6.42 Å². The minimum absolute atomic E-state index is 0.135. The van der Waals surface area contributed by atoms with Gasteiger partial charge in [0.25, 0.3) is 0 Å². The summed E-state index contributed by atoms with van der Waals surface area (Å²) in [7, 11) is 0. The summed E-state index contributed by atoms with van der Waals surface area (Å²) < 4.78 is 5.73. The zero-order valence-corrected chi connectivity index (χ0v) is 13.8. The van der Waals surface area contributed by atoms with Gasteiger partial charge in [-0.15, -0.1) is 11.3 Å². The number of rotatable bonds is 5. The van der Waals surface area contributed by atoms with Crippen LogP contribution in [0.4, 0.5) is 0 Å². The quantitative estimate of drug-likeness (QED) is 0.736. The Morgan fingerprint density at radius 3 is 2.92 bits per heavy atom. The van der Waals surface area contributed by atoms with Gasteiger partial charge < -0.3 is 9.52 Å². The summed E-state index contributed by atoms with van der Waals surface area (Å²) in [6.07, 6.45) is 7.17. The van der Waals surface area contributed by atoms with Crippen LogP contribution in [0, 0.1) is 0 Å². The van der Waals surface area contributed by atoms with Crippen molar-refractivity contribution in [2.24, 2.45) is 0 Å². The number of para-hydroxylation sites is 2. The predicted octanol–water partition coefficient (Wildman–Crippen LogP) is 4.57. The number of carbonyl (C=O) groups is 1. The van der Waals surface area contributed by atoms with Gasteiger partial charge >= 0.3 is 5.97 Å². The van der Waals surface area contributed by atoms with Crippen molar-refractivity contribution in [1.29, 1.82) is 0 Å². The largest absolute Gasteiger partial charge is 0.481 e. The highest BCUT2D eigenvalue weighted by atomic mass is 32.1. The van der Waals surface area contributed by atoms with Gasteiger partial charge in [-0.05, 0) is 31.1 Å². The molecule has 0 bridgehead atoms. The summed E-state index contributed by atoms with van der Waals surface area (Å²) in [6.45, 7) is 0. The standard InChI is InChI=1S/C18H16N2O3S/c21-16(22)9-12(17-20-14-6-1-2-7-15(14)23-17)8-13-10-19-18(24-13)11-4-3-5-11/h1-2,6-8,10-11H,3-5,9H2,(H,21,22)/b12-8+. The Bertz CT molecular complexity index is 888. The third-order valence-corrected chi connectivity index (χ3v) is 5.33. The predicted molar refractivity (Wildman–Crippen MR) is 92.8 cm³/mol. The fraction of sp³-hybridized carbons (Fsp3) is 0.278. The van der Waals surface area contributed by atoms with E-state index in [2.05, 4.69) is 9.97 Å². The molecule has 6 heteroatoms. The summed E-state index contributed by atoms with van der Waals surface area (Å²) in [6, 6.07) is 7.42. The van der Waals surface area contributed by atoms with E-state index in [1.54, 1.807) is 11.3 Å². The van der Waals surface area contributed by atoms with Crippen LogP contribution in [0.2, 0.25) is 0 Å². The molecule has 1 fully saturated rings. The number of carboxylic acids is 1. The maximum Gasteiger partial charge on any atom is 0.308 e. The van der Waals surface area contributed by atoms with Crippen molar-refractivity contribution in [3.63, 3.8) is 0 Å². The van der Waals surface area contributed by atoms with Crippen LogP contribution in [-0.4, -0.2) is 21.0 Å². The van der Waals surface area contributed by atoms with E-state index in [9.17, 15) is 9.90 Å². The molecule has 122 valence electrons. The second kappa shape index (κ2) is 6.20. The topological polar surface area (TPSA) is 76.2 Å². The Morgan fingerprint density at radius 2 is 2.21 bits per heavy atom. The lowest BCUT2D eigenvalue weighted by atomic mass is 9.86. The number of nitrogens with zero attached hydrogens (tertiary/aromatic N) is 2. The lowest BCUT2D eigenvalue weighted by Crippen LogP contribution is -2.07. The van der Waals surface area contributed by atoms with E-state index >= 15 is 0 Å². The number of fused-ring (bicyclic) bond motifs is 1. The van der Waals surface area contributed by atoms with Crippen LogP contribution in [0.5, 0.6) is 0 Å². The smallest absolute Gasteiger partial charge is 0.308 e. The van der Waals surface area contributed by atoms with Gasteiger partial charge in [0, 0.05) is 22.6 Å². The second-order valence-electron chi connectivity index (χ2n) is 5.96. The summed E-state index contributed by atoms with van der Waals surface area (Å²) in [4.78, 5) is 21.1. The van der Waals surface area contributed by atoms with Crippen LogP contribution in [0.1, 0.15) is 47.4 Å². The van der Waals surface area contributed by atoms with Gasteiger partial charge in [0.1, 0.15) is 5.52 Å². The van der Waals surface area contributed by atoms with Gasteiger partial charge in [-0.2, -0.15) is 0 Å². The first-order valence-electron chi connectivity index (χ1n) is 7.93. The zero-order valence-electron chi connectivity index (χ0n) is 12.9. The van der Waals surface area contributed by atoms with Crippen LogP contribution in [-0.2, 0) is 4.79 Å². The molecule has 2 aromatic heterocycles. The van der Waals surface area contributed by atoms with Crippen molar-refractivity contribution in [2.45, 2.75) is 31.6 Å². The summed E-state index contributed by atoms with van der Waals surface area (Å²) in [5, 5.41) is 10.4. The Hall–Kier alpha value is -2.47. The highest BCUT2D eigenvalue weighted by Crippen LogP contribution is 2.39. The van der Waals surface area contributed by atoms with Crippen LogP contribution in [0.3, 0.4) is 0 Å². The van der Waals surface area contributed by atoms with E-state index in [4.69, 9.17) is 4.42 Å². The zero-order chi connectivity index (χ0) is 16.5. The lowest BCUT2D eigenvalue weighted by molar-refractivity contribution is -0.135. The molecule has 0 unspecified atom stereocenters. The molecule has 5 nitrogen and oxygen atoms in total. The Morgan fingerprint density at radius 1 is 1.38 bits per heavy atom. The van der Waals surface area contributed by atoms with E-state index in [0.29, 0.717) is 23.0 Å². The van der Waals surface area contributed by atoms with E-state index in [0.717, 1.165) is 15.4 Å². The molecular weight excluding hydrogens is 324 g/mol. The Kier molecular flexibility index (Phi) is 3.90. The monoisotopic (exact) mass is 340 g/mol. The number of aliphatic carboxylic acids is 1. The van der Waals surface area contributed by atoms with Crippen molar-refractivity contribution in [2.75, 3.05) is 0 Å². The fourth-order valence-corrected chi connectivity index (χ4v) is 3.80. The van der Waals surface area contributed by atoms with Crippen molar-refractivity contribution < 1.29 is 14.3 Å². The van der Waals surface area contributed by atoms with Crippen molar-refractivity contribution in [3.05, 3.63) is 46.2 Å². The van der Waals surface area contributed by atoms with Crippen LogP contribution < -0.4 is 0 Å². The molecule has 1 N–H and O–H groups in total. The normalized spacial score (nSPS) is 15.6. The van der Waals surface area contributed by atoms with E-state index in [1.807, 2.05) is 36.5 Å². The molecule has 4 rings (SSSR count). The van der Waals surface area contributed by atoms with Crippen LogP contribution in [0.25, 0.3) is 22.7 Å². The molecule has 0 saturated heterocycles. The molecule has 0 radical (unpaired) electrons. The van der Waals surface area contributed by atoms with Gasteiger partial charge in [0.05, 0.1) is 11.4 Å². The maximum absolute atomic E-state index is 11.2. The van der Waals surface area contributed by atoms with Crippen molar-refractivity contribution in [3.8, 4) is 0 Å². The number of thiazole rings is 1. The van der Waals surface area contributed by atoms with Crippen LogP contribution in [0.15, 0.2) is 34.9 Å². The third-order valence-electron chi connectivity index (χ3n) is 4.22. The van der Waals surface area contributed by atoms with Gasteiger partial charge in [0.15, 0.2) is 5.58 Å². The Balaban J connectivity index is 1.69. The average Bonchev–Trinajstić information content (AvgIpc) is 3.11. The average molecular weight is 340 g/mol. The molecule has 24 heavy (non-hydrogen) atoms. The van der Waals surface area contributed by atoms with Gasteiger partial charge in [-0.3, -0.25) is 4.79 Å². The third kappa shape index (κ3) is 2.97. The SMILES string of the molecule is O=C(O)C/C(=C\c1cnc(C2CCC2)s1)c1nc2ccccc2o1. The number of oxazole rings is 1. The summed E-state index contributed by atoms with van der Waals surface area (Å²) in [5.74, 6) is 0.0221. The number of hydrogen-bond acceptors (Lipinski definition) is 5. The first kappa shape index (κ1) is 15.1. The Labute approximate surface area is 142 Å². The molecular formula is C18H16N2O3S. The second-order valence-corrected chi connectivity index (χ2v) is 7.05. The number of aromatic nitrogens is 2. The fourth-order valence-electron chi connectivity index (χ4n) is 2.74.